The first-order valence-electron chi connectivity index (χ1n) is 12.6. The summed E-state index contributed by atoms with van der Waals surface area (Å²) in [4.78, 5) is 26.4. The summed E-state index contributed by atoms with van der Waals surface area (Å²) in [7, 11) is 1.94. The van der Waals surface area contributed by atoms with E-state index in [1.54, 1.807) is 0 Å². The number of hydrogen-bond donors (Lipinski definition) is 2. The lowest BCUT2D eigenvalue weighted by molar-refractivity contribution is -0.134. The van der Waals surface area contributed by atoms with Crippen molar-refractivity contribution >= 4 is 28.4 Å². The fourth-order valence-corrected chi connectivity index (χ4v) is 6.49. The number of imide groups is 1. The van der Waals surface area contributed by atoms with Crippen molar-refractivity contribution in [1.29, 1.82) is 0 Å². The molecule has 3 aliphatic heterocycles. The van der Waals surface area contributed by atoms with Crippen LogP contribution in [0.25, 0.3) is 10.9 Å². The molecule has 2 N–H and O–H groups in total. The number of benzene rings is 1. The fourth-order valence-electron chi connectivity index (χ4n) is 6.49. The fraction of sp³-hybridized carbons (Fsp3) is 0.654. The van der Waals surface area contributed by atoms with Gasteiger partial charge in [-0.2, -0.15) is 5.10 Å². The van der Waals surface area contributed by atoms with Gasteiger partial charge in [0.2, 0.25) is 11.8 Å². The zero-order chi connectivity index (χ0) is 23.2. The van der Waals surface area contributed by atoms with Crippen molar-refractivity contribution in [2.24, 2.45) is 18.4 Å². The van der Waals surface area contributed by atoms with E-state index >= 15 is 0 Å². The minimum Gasteiger partial charge on any atom is -0.371 e. The largest absolute Gasteiger partial charge is 0.371 e. The van der Waals surface area contributed by atoms with Crippen molar-refractivity contribution in [3.8, 4) is 0 Å². The Hall–Kier alpha value is -2.41. The number of nitrogens with one attached hydrogen (secondary N) is 2. The molecular weight excluding hydrogens is 414 g/mol. The van der Waals surface area contributed by atoms with Gasteiger partial charge in [-0.3, -0.25) is 19.6 Å². The standard InChI is InChI=1S/C26H37N5O2/c1-17-15-26(2,10-11-27-17)16-18-8-12-31(13-9-18)19-4-5-20-22(14-19)30(3)29-24(20)21-6-7-23(32)28-25(21)33/h4-5,14,17-18,21,27H,6-13,15-16H2,1-3H3,(H,28,32,33)/t17-,21?,26-/m1/s1. The van der Waals surface area contributed by atoms with Crippen LogP contribution >= 0.6 is 0 Å². The first-order valence-corrected chi connectivity index (χ1v) is 12.6. The monoisotopic (exact) mass is 451 g/mol. The van der Waals surface area contributed by atoms with Crippen LogP contribution < -0.4 is 15.5 Å². The number of hydrogen-bond acceptors (Lipinski definition) is 5. The van der Waals surface area contributed by atoms with Gasteiger partial charge in [0.05, 0.1) is 17.1 Å². The van der Waals surface area contributed by atoms with E-state index in [0.29, 0.717) is 24.3 Å². The van der Waals surface area contributed by atoms with Gasteiger partial charge >= 0.3 is 0 Å². The average molecular weight is 452 g/mol. The summed E-state index contributed by atoms with van der Waals surface area (Å²) < 4.78 is 1.88. The van der Waals surface area contributed by atoms with E-state index in [1.807, 2.05) is 11.7 Å². The zero-order valence-electron chi connectivity index (χ0n) is 20.2. The molecule has 0 bridgehead atoms. The number of carbonyl (C=O) groups excluding carboxylic acids is 2. The van der Waals surface area contributed by atoms with Gasteiger partial charge in [0.15, 0.2) is 0 Å². The van der Waals surface area contributed by atoms with Gasteiger partial charge in [0.1, 0.15) is 0 Å². The number of amides is 2. The predicted molar refractivity (Wildman–Crippen MR) is 130 cm³/mol. The highest BCUT2D eigenvalue weighted by Crippen LogP contribution is 2.40. The van der Waals surface area contributed by atoms with Gasteiger partial charge in [-0.25, -0.2) is 0 Å². The topological polar surface area (TPSA) is 79.3 Å². The molecule has 4 heterocycles. The molecule has 3 fully saturated rings. The molecule has 0 spiro atoms. The normalized spacial score (nSPS) is 29.5. The number of aromatic nitrogens is 2. The van der Waals surface area contributed by atoms with Crippen LogP contribution in [0.5, 0.6) is 0 Å². The molecule has 7 nitrogen and oxygen atoms in total. The van der Waals surface area contributed by atoms with E-state index < -0.39 is 0 Å². The second kappa shape index (κ2) is 8.75. The van der Waals surface area contributed by atoms with E-state index in [0.717, 1.165) is 42.1 Å². The summed E-state index contributed by atoms with van der Waals surface area (Å²) in [6.45, 7) is 8.16. The van der Waals surface area contributed by atoms with Crippen molar-refractivity contribution in [3.63, 3.8) is 0 Å². The maximum Gasteiger partial charge on any atom is 0.235 e. The smallest absolute Gasteiger partial charge is 0.235 e. The Balaban J connectivity index is 1.27. The van der Waals surface area contributed by atoms with Crippen molar-refractivity contribution in [1.82, 2.24) is 20.4 Å². The van der Waals surface area contributed by atoms with Gasteiger partial charge in [-0.05, 0) is 81.5 Å². The number of carbonyl (C=O) groups is 2. The minimum atomic E-state index is -0.355. The molecule has 2 aromatic rings. The molecule has 3 atom stereocenters. The van der Waals surface area contributed by atoms with Crippen LogP contribution in [0.15, 0.2) is 18.2 Å². The molecule has 2 amide bonds. The summed E-state index contributed by atoms with van der Waals surface area (Å²) in [5.74, 6) is 0.0447. The molecule has 3 aliphatic rings. The molecule has 178 valence electrons. The van der Waals surface area contributed by atoms with Crippen LogP contribution in [0, 0.1) is 11.3 Å². The molecular formula is C26H37N5O2. The Morgan fingerprint density at radius 1 is 1.18 bits per heavy atom. The van der Waals surface area contributed by atoms with E-state index in [-0.39, 0.29) is 17.7 Å². The number of nitrogens with zero attached hydrogens (tertiary/aromatic N) is 3. The van der Waals surface area contributed by atoms with Gasteiger partial charge < -0.3 is 10.2 Å². The van der Waals surface area contributed by atoms with Gasteiger partial charge in [-0.15, -0.1) is 0 Å². The van der Waals surface area contributed by atoms with Crippen molar-refractivity contribution in [2.75, 3.05) is 24.5 Å². The maximum absolute atomic E-state index is 12.4. The minimum absolute atomic E-state index is 0.189. The number of fused-ring (bicyclic) bond motifs is 1. The van der Waals surface area contributed by atoms with Crippen LogP contribution in [0.1, 0.15) is 70.4 Å². The van der Waals surface area contributed by atoms with Crippen LogP contribution in [0.3, 0.4) is 0 Å². The molecule has 0 aliphatic carbocycles. The van der Waals surface area contributed by atoms with Gasteiger partial charge in [0.25, 0.3) is 0 Å². The zero-order valence-corrected chi connectivity index (χ0v) is 20.2. The lowest BCUT2D eigenvalue weighted by atomic mass is 9.70. The van der Waals surface area contributed by atoms with E-state index in [9.17, 15) is 9.59 Å². The third-order valence-corrected chi connectivity index (χ3v) is 8.21. The van der Waals surface area contributed by atoms with Crippen molar-refractivity contribution < 1.29 is 9.59 Å². The third-order valence-electron chi connectivity index (χ3n) is 8.21. The second-order valence-electron chi connectivity index (χ2n) is 11.0. The summed E-state index contributed by atoms with van der Waals surface area (Å²) in [6, 6.07) is 7.14. The van der Waals surface area contributed by atoms with Crippen LogP contribution in [-0.4, -0.2) is 47.3 Å². The van der Waals surface area contributed by atoms with E-state index in [2.05, 4.69) is 52.7 Å². The lowest BCUT2D eigenvalue weighted by Gasteiger charge is -2.42. The van der Waals surface area contributed by atoms with Gasteiger partial charge in [0, 0.05) is 43.7 Å². The summed E-state index contributed by atoms with van der Waals surface area (Å²) >= 11 is 0. The van der Waals surface area contributed by atoms with E-state index in [1.165, 1.54) is 37.8 Å². The SMILES string of the molecule is C[C@@H]1C[C@](C)(CC2CCN(c3ccc4c(C5CCC(=O)NC5=O)nn(C)c4c3)CC2)CCN1. The summed E-state index contributed by atoms with van der Waals surface area (Å²) in [5, 5.41) is 11.8. The molecule has 33 heavy (non-hydrogen) atoms. The first kappa shape index (κ1) is 22.4. The van der Waals surface area contributed by atoms with Gasteiger partial charge in [-0.1, -0.05) is 6.92 Å². The maximum atomic E-state index is 12.4. The van der Waals surface area contributed by atoms with Crippen molar-refractivity contribution in [3.05, 3.63) is 23.9 Å². The number of piperidine rings is 3. The number of rotatable bonds is 4. The molecule has 1 unspecified atom stereocenters. The Morgan fingerprint density at radius 2 is 1.97 bits per heavy atom. The quantitative estimate of drug-likeness (QED) is 0.696. The summed E-state index contributed by atoms with van der Waals surface area (Å²) in [6.07, 6.45) is 7.34. The Bertz CT molecular complexity index is 1050. The first-order chi connectivity index (χ1) is 15.8. The van der Waals surface area contributed by atoms with Crippen LogP contribution in [0.2, 0.25) is 0 Å². The molecule has 0 saturated carbocycles. The number of anilines is 1. The molecule has 7 heteroatoms. The molecule has 0 radical (unpaired) electrons. The molecule has 1 aromatic carbocycles. The highest BCUT2D eigenvalue weighted by Gasteiger charge is 2.34. The Morgan fingerprint density at radius 3 is 2.70 bits per heavy atom. The lowest BCUT2D eigenvalue weighted by Crippen LogP contribution is -2.43. The Labute approximate surface area is 196 Å². The predicted octanol–water partition coefficient (Wildman–Crippen LogP) is 3.48. The number of aryl methyl sites for hydroxylation is 1. The highest BCUT2D eigenvalue weighted by molar-refractivity contribution is 6.02. The second-order valence-corrected chi connectivity index (χ2v) is 11.0. The molecule has 5 rings (SSSR count). The molecule has 1 aromatic heterocycles. The van der Waals surface area contributed by atoms with Crippen LogP contribution in [0.4, 0.5) is 5.69 Å². The summed E-state index contributed by atoms with van der Waals surface area (Å²) in [5.41, 5.74) is 3.55. The van der Waals surface area contributed by atoms with Crippen LogP contribution in [-0.2, 0) is 16.6 Å². The van der Waals surface area contributed by atoms with Crippen molar-refractivity contribution in [2.45, 2.75) is 70.8 Å². The van der Waals surface area contributed by atoms with E-state index in [4.69, 9.17) is 0 Å². The molecule has 3 saturated heterocycles. The average Bonchev–Trinajstić information content (AvgIpc) is 3.09. The third kappa shape index (κ3) is 4.52. The Kier molecular flexibility index (Phi) is 5.93. The highest BCUT2D eigenvalue weighted by atomic mass is 16.2.